The van der Waals surface area contributed by atoms with Crippen LogP contribution in [0.1, 0.15) is 50.1 Å². The molecule has 1 aliphatic rings. The van der Waals surface area contributed by atoms with E-state index in [0.717, 1.165) is 36.4 Å². The lowest BCUT2D eigenvalue weighted by Crippen LogP contribution is -2.06. The molecule has 7 nitrogen and oxygen atoms in total. The molecule has 1 saturated carbocycles. The quantitative estimate of drug-likeness (QED) is 0.129. The second-order valence-electron chi connectivity index (χ2n) is 9.52. The molecule has 0 atom stereocenters. The van der Waals surface area contributed by atoms with Crippen molar-refractivity contribution < 1.29 is 39.5 Å². The largest absolute Gasteiger partial charge is 0.205 e. The summed E-state index contributed by atoms with van der Waals surface area (Å²) in [6.07, 6.45) is 10.5. The zero-order chi connectivity index (χ0) is 38.2. The Morgan fingerprint density at radius 3 is 0.882 bits per heavy atom. The Morgan fingerprint density at radius 2 is 0.608 bits per heavy atom. The van der Waals surface area contributed by atoms with Crippen molar-refractivity contribution >= 4 is 16.7 Å². The van der Waals surface area contributed by atoms with E-state index in [2.05, 4.69) is 0 Å². The van der Waals surface area contributed by atoms with E-state index in [0.29, 0.717) is 0 Å². The molecular weight excluding hydrogens is 689 g/mol. The van der Waals surface area contributed by atoms with Crippen LogP contribution >= 0.6 is 0 Å². The van der Waals surface area contributed by atoms with E-state index < -0.39 is 136 Å². The Labute approximate surface area is 279 Å². The van der Waals surface area contributed by atoms with Crippen LogP contribution in [-0.2, 0) is 0 Å². The molecule has 3 aromatic rings. The summed E-state index contributed by atoms with van der Waals surface area (Å²) >= 11 is 0. The predicted octanol–water partition coefficient (Wildman–Crippen LogP) is 6.63. The summed E-state index contributed by atoms with van der Waals surface area (Å²) in [6, 6.07) is 7.67. The van der Waals surface area contributed by atoms with E-state index in [1.807, 2.05) is 0 Å². The van der Waals surface area contributed by atoms with Crippen LogP contribution in [0, 0.1) is 156 Å². The van der Waals surface area contributed by atoms with Crippen molar-refractivity contribution in [2.24, 2.45) is 0 Å². The fourth-order valence-corrected chi connectivity index (χ4v) is 4.98. The highest BCUT2D eigenvalue weighted by Crippen LogP contribution is 2.57. The van der Waals surface area contributed by atoms with Gasteiger partial charge in [-0.1, -0.05) is 11.8 Å². The summed E-state index contributed by atoms with van der Waals surface area (Å²) in [5.74, 6) is -16.5. The van der Waals surface area contributed by atoms with Gasteiger partial charge in [0.2, 0.25) is 0 Å². The zero-order valence-corrected chi connectivity index (χ0v) is 24.2. The van der Waals surface area contributed by atoms with E-state index >= 15 is 26.3 Å². The van der Waals surface area contributed by atoms with Gasteiger partial charge in [0.25, 0.3) is 0 Å². The van der Waals surface area contributed by atoms with Gasteiger partial charge < -0.3 is 0 Å². The first-order chi connectivity index (χ1) is 24.2. The first-order valence-electron chi connectivity index (χ1n) is 12.8. The molecule has 0 amide bonds. The Hall–Kier alpha value is -8.20. The maximum atomic E-state index is 15.7. The minimum Gasteiger partial charge on any atom is -0.205 e. The fraction of sp³-hybridized carbons (Fsp3) is 0. The van der Waals surface area contributed by atoms with Gasteiger partial charge >= 0.3 is 0 Å². The lowest BCUT2D eigenvalue weighted by Gasteiger charge is -2.09. The third-order valence-electron chi connectivity index (χ3n) is 7.22. The number of halogens is 9. The van der Waals surface area contributed by atoms with Crippen LogP contribution < -0.4 is 0 Å². The van der Waals surface area contributed by atoms with Gasteiger partial charge in [-0.25, -0.2) is 39.5 Å². The summed E-state index contributed by atoms with van der Waals surface area (Å²) in [5.41, 5.74) is -21.7. The number of hydrogen-bond donors (Lipinski definition) is 0. The first-order valence-corrected chi connectivity index (χ1v) is 12.8. The number of rotatable bonds is 3. The monoisotopic (exact) mass is 691 g/mol. The molecule has 1 fully saturated rings. The van der Waals surface area contributed by atoms with Crippen molar-refractivity contribution in [3.8, 4) is 67.2 Å². The number of nitrogens with zero attached hydrogens (tertiary/aromatic N) is 7. The fourth-order valence-electron chi connectivity index (χ4n) is 4.98. The van der Waals surface area contributed by atoms with Crippen LogP contribution in [0.25, 0.3) is 16.7 Å². The van der Waals surface area contributed by atoms with Crippen LogP contribution in [0.4, 0.5) is 39.5 Å². The maximum absolute atomic E-state index is 15.7. The third kappa shape index (κ3) is 4.94. The molecule has 0 heterocycles. The second-order valence-corrected chi connectivity index (χ2v) is 9.52. The summed E-state index contributed by atoms with van der Waals surface area (Å²) in [5, 5.41) is 66.5. The predicted molar refractivity (Wildman–Crippen MR) is 151 cm³/mol. The van der Waals surface area contributed by atoms with Crippen molar-refractivity contribution in [2.45, 2.75) is 0 Å². The Morgan fingerprint density at radius 1 is 0.353 bits per heavy atom. The number of benzene rings is 3. The van der Waals surface area contributed by atoms with Gasteiger partial charge in [0.15, 0.2) is 52.4 Å². The van der Waals surface area contributed by atoms with Crippen molar-refractivity contribution in [3.63, 3.8) is 0 Å². The maximum Gasteiger partial charge on any atom is 0.178 e. The molecule has 51 heavy (non-hydrogen) atoms. The smallest absolute Gasteiger partial charge is 0.178 e. The van der Waals surface area contributed by atoms with E-state index in [-0.39, 0.29) is 0 Å². The molecule has 240 valence electrons. The van der Waals surface area contributed by atoms with Gasteiger partial charge in [-0.15, -0.1) is 12.8 Å². The standard InChI is InChI=1S/C35H2F9N7/c1-3-12-14(5-45)27(36)25(34(43)30(12)39)19(10-50)22-21(13(4-2)24-28(37)15(6-46)17(8-48)31(40)33(24)42)23(22)20(11-51)26-29(38)16(7-47)18(9-49)32(41)35(26)44/h1-2H/b21-13-,22-19?,23-20-. The van der Waals surface area contributed by atoms with Gasteiger partial charge in [-0.3, -0.25) is 0 Å². The zero-order valence-electron chi connectivity index (χ0n) is 24.2. The molecule has 1 aliphatic carbocycles. The third-order valence-corrected chi connectivity index (χ3v) is 7.22. The highest BCUT2D eigenvalue weighted by Gasteiger charge is 2.45. The number of terminal acetylenes is 2. The normalized spacial score (nSPS) is 14.1. The van der Waals surface area contributed by atoms with Gasteiger partial charge in [0, 0.05) is 22.3 Å². The number of hydrogen-bond acceptors (Lipinski definition) is 7. The number of nitriles is 7. The topological polar surface area (TPSA) is 167 Å². The highest BCUT2D eigenvalue weighted by atomic mass is 19.2. The van der Waals surface area contributed by atoms with Gasteiger partial charge in [-0.05, 0) is 0 Å². The van der Waals surface area contributed by atoms with Crippen LogP contribution in [0.5, 0.6) is 0 Å². The summed E-state index contributed by atoms with van der Waals surface area (Å²) in [6.45, 7) is 0. The lowest BCUT2D eigenvalue weighted by molar-refractivity contribution is 0.488. The SMILES string of the molecule is C#C/C(=C1\C(=C(C#N)c2c(F)c(F)c(C#C)c(C#N)c2F)\C1=C(\C#N)c1c(F)c(F)c(C#N)c(C#N)c1F)c1c(F)c(F)c(C#N)c(C#N)c1F. The molecule has 0 radical (unpaired) electrons. The molecule has 16 heteroatoms. The molecule has 0 aromatic heterocycles. The van der Waals surface area contributed by atoms with Crippen molar-refractivity contribution in [3.05, 3.63) is 119 Å². The van der Waals surface area contributed by atoms with Crippen LogP contribution in [0.3, 0.4) is 0 Å². The van der Waals surface area contributed by atoms with Crippen LogP contribution in [-0.4, -0.2) is 0 Å². The van der Waals surface area contributed by atoms with E-state index in [4.69, 9.17) is 23.4 Å². The minimum absolute atomic E-state index is 1.02. The van der Waals surface area contributed by atoms with E-state index in [1.54, 1.807) is 5.92 Å². The van der Waals surface area contributed by atoms with Gasteiger partial charge in [0.1, 0.15) is 70.3 Å². The van der Waals surface area contributed by atoms with Crippen LogP contribution in [0.2, 0.25) is 0 Å². The summed E-state index contributed by atoms with van der Waals surface area (Å²) in [7, 11) is 0. The minimum atomic E-state index is -2.35. The van der Waals surface area contributed by atoms with E-state index in [1.165, 1.54) is 12.0 Å². The van der Waals surface area contributed by atoms with Crippen LogP contribution in [0.15, 0.2) is 16.7 Å². The molecule has 3 aromatic carbocycles. The average molecular weight is 691 g/mol. The molecule has 0 spiro atoms. The van der Waals surface area contributed by atoms with Crippen molar-refractivity contribution in [1.82, 2.24) is 0 Å². The molecule has 0 bridgehead atoms. The first kappa shape index (κ1) is 35.7. The van der Waals surface area contributed by atoms with Crippen molar-refractivity contribution in [2.75, 3.05) is 0 Å². The molecule has 0 saturated heterocycles. The lowest BCUT2D eigenvalue weighted by atomic mass is 9.95. The Balaban J connectivity index is 2.43. The van der Waals surface area contributed by atoms with Gasteiger partial charge in [0.05, 0.1) is 33.4 Å². The molecule has 0 unspecified atom stereocenters. The Kier molecular flexibility index (Phi) is 9.18. The molecule has 4 rings (SSSR count). The average Bonchev–Trinajstić information content (AvgIpc) is 3.84. The van der Waals surface area contributed by atoms with Gasteiger partial charge in [-0.2, -0.15) is 36.8 Å². The number of allylic oxidation sites excluding steroid dienone is 6. The molecule has 0 aliphatic heterocycles. The van der Waals surface area contributed by atoms with E-state index in [9.17, 15) is 39.5 Å². The molecule has 0 N–H and O–H groups in total. The molecular formula is C35H2F9N7. The second kappa shape index (κ2) is 13.1. The summed E-state index contributed by atoms with van der Waals surface area (Å²) in [4.78, 5) is 0. The summed E-state index contributed by atoms with van der Waals surface area (Å²) < 4.78 is 138. The highest BCUT2D eigenvalue weighted by molar-refractivity contribution is 6.12. The Bertz CT molecular complexity index is 2420. The van der Waals surface area contributed by atoms with Crippen molar-refractivity contribution in [1.29, 1.82) is 36.8 Å².